The van der Waals surface area contributed by atoms with Gasteiger partial charge < -0.3 is 19.9 Å². The van der Waals surface area contributed by atoms with E-state index in [4.69, 9.17) is 9.52 Å². The van der Waals surface area contributed by atoms with Crippen molar-refractivity contribution in [1.29, 1.82) is 0 Å². The van der Waals surface area contributed by atoms with E-state index in [1.165, 1.54) is 33.2 Å². The number of sulfonamides is 1. The van der Waals surface area contributed by atoms with E-state index in [1.54, 1.807) is 0 Å². The monoisotopic (exact) mass is 306 g/mol. The average molecular weight is 306 g/mol. The lowest BCUT2D eigenvalue weighted by Gasteiger charge is -2.20. The highest BCUT2D eigenvalue weighted by molar-refractivity contribution is 7.88. The van der Waals surface area contributed by atoms with Gasteiger partial charge in [-0.05, 0) is 19.1 Å². The molecule has 1 atom stereocenters. The summed E-state index contributed by atoms with van der Waals surface area (Å²) < 4.78 is 29.5. The Labute approximate surface area is 117 Å². The SMILES string of the molecule is CN(C)S(=O)(=O)c1ccc(C(=O)NCC(C)(O)CO)o1. The number of aliphatic hydroxyl groups is 2. The van der Waals surface area contributed by atoms with Gasteiger partial charge in [0.2, 0.25) is 5.09 Å². The number of hydrogen-bond donors (Lipinski definition) is 3. The summed E-state index contributed by atoms with van der Waals surface area (Å²) in [6, 6.07) is 2.40. The number of carbonyl (C=O) groups is 1. The number of hydrogen-bond acceptors (Lipinski definition) is 6. The van der Waals surface area contributed by atoms with E-state index < -0.39 is 28.1 Å². The molecule has 9 heteroatoms. The van der Waals surface area contributed by atoms with E-state index in [9.17, 15) is 18.3 Å². The predicted octanol–water partition coefficient (Wildman–Crippen LogP) is -0.997. The molecule has 0 aliphatic heterocycles. The third-order valence-electron chi connectivity index (χ3n) is 2.51. The minimum Gasteiger partial charge on any atom is -0.438 e. The summed E-state index contributed by atoms with van der Waals surface area (Å²) in [5, 5.41) is 20.4. The lowest BCUT2D eigenvalue weighted by Crippen LogP contribution is -2.43. The summed E-state index contributed by atoms with van der Waals surface area (Å²) in [5.74, 6) is -0.877. The molecule has 8 nitrogen and oxygen atoms in total. The zero-order chi connectivity index (χ0) is 15.6. The molecular formula is C11H18N2O6S. The van der Waals surface area contributed by atoms with Crippen LogP contribution in [0.5, 0.6) is 0 Å². The molecule has 1 aromatic rings. The van der Waals surface area contributed by atoms with Crippen LogP contribution in [0, 0.1) is 0 Å². The van der Waals surface area contributed by atoms with Crippen molar-refractivity contribution in [2.75, 3.05) is 27.2 Å². The first kappa shape index (κ1) is 16.6. The fourth-order valence-electron chi connectivity index (χ4n) is 1.17. The van der Waals surface area contributed by atoms with Crippen LogP contribution in [0.1, 0.15) is 17.5 Å². The number of nitrogens with zero attached hydrogens (tertiary/aromatic N) is 1. The number of furan rings is 1. The highest BCUT2D eigenvalue weighted by Gasteiger charge is 2.25. The van der Waals surface area contributed by atoms with Crippen molar-refractivity contribution in [3.05, 3.63) is 17.9 Å². The number of nitrogens with one attached hydrogen (secondary N) is 1. The zero-order valence-electron chi connectivity index (χ0n) is 11.5. The van der Waals surface area contributed by atoms with Gasteiger partial charge in [0.05, 0.1) is 6.61 Å². The fraction of sp³-hybridized carbons (Fsp3) is 0.545. The Morgan fingerprint density at radius 2 is 2.05 bits per heavy atom. The topological polar surface area (TPSA) is 120 Å². The fourth-order valence-corrected chi connectivity index (χ4v) is 1.97. The van der Waals surface area contributed by atoms with Crippen molar-refractivity contribution in [3.8, 4) is 0 Å². The van der Waals surface area contributed by atoms with Gasteiger partial charge in [-0.25, -0.2) is 12.7 Å². The van der Waals surface area contributed by atoms with Crippen LogP contribution >= 0.6 is 0 Å². The number of rotatable bonds is 6. The molecule has 3 N–H and O–H groups in total. The Hall–Kier alpha value is -1.42. The molecule has 114 valence electrons. The summed E-state index contributed by atoms with van der Waals surface area (Å²) in [6.45, 7) is 0.627. The molecular weight excluding hydrogens is 288 g/mol. The molecule has 0 aliphatic carbocycles. The van der Waals surface area contributed by atoms with Gasteiger partial charge >= 0.3 is 0 Å². The van der Waals surface area contributed by atoms with E-state index in [1.807, 2.05) is 0 Å². The minimum atomic E-state index is -3.74. The summed E-state index contributed by atoms with van der Waals surface area (Å²) in [5.41, 5.74) is -1.46. The van der Waals surface area contributed by atoms with Gasteiger partial charge in [0, 0.05) is 20.6 Å². The lowest BCUT2D eigenvalue weighted by atomic mass is 10.1. The Bertz CT molecular complexity index is 575. The molecule has 1 heterocycles. The van der Waals surface area contributed by atoms with Crippen LogP contribution in [0.15, 0.2) is 21.6 Å². The predicted molar refractivity (Wildman–Crippen MR) is 69.6 cm³/mol. The number of carbonyl (C=O) groups excluding carboxylic acids is 1. The molecule has 0 fully saturated rings. The third kappa shape index (κ3) is 3.79. The standard InChI is InChI=1S/C11H18N2O6S/c1-11(16,7-14)6-12-10(15)8-4-5-9(19-8)20(17,18)13(2)3/h4-5,14,16H,6-7H2,1-3H3,(H,12,15). The molecule has 1 rings (SSSR count). The summed E-state index contributed by atoms with van der Waals surface area (Å²) in [6.07, 6.45) is 0. The molecule has 1 amide bonds. The second-order valence-corrected chi connectivity index (χ2v) is 6.83. The Kier molecular flexibility index (Phi) is 4.92. The van der Waals surface area contributed by atoms with Gasteiger partial charge in [-0.2, -0.15) is 0 Å². The van der Waals surface area contributed by atoms with Crippen LogP contribution in [0.2, 0.25) is 0 Å². The van der Waals surface area contributed by atoms with Gasteiger partial charge in [-0.15, -0.1) is 0 Å². The molecule has 0 aromatic carbocycles. The maximum Gasteiger partial charge on any atom is 0.287 e. The van der Waals surface area contributed by atoms with E-state index in [-0.39, 0.29) is 17.4 Å². The average Bonchev–Trinajstić information content (AvgIpc) is 2.86. The summed E-state index contributed by atoms with van der Waals surface area (Å²) in [4.78, 5) is 11.7. The first-order valence-electron chi connectivity index (χ1n) is 5.74. The second kappa shape index (κ2) is 5.92. The maximum absolute atomic E-state index is 11.8. The van der Waals surface area contributed by atoms with Crippen LogP contribution in [-0.4, -0.2) is 61.7 Å². The van der Waals surface area contributed by atoms with Crippen molar-refractivity contribution >= 4 is 15.9 Å². The van der Waals surface area contributed by atoms with Gasteiger partial charge in [-0.3, -0.25) is 4.79 Å². The molecule has 0 saturated heterocycles. The zero-order valence-corrected chi connectivity index (χ0v) is 12.3. The molecule has 0 radical (unpaired) electrons. The highest BCUT2D eigenvalue weighted by Crippen LogP contribution is 2.16. The van der Waals surface area contributed by atoms with E-state index in [2.05, 4.69) is 5.32 Å². The Morgan fingerprint density at radius 1 is 1.45 bits per heavy atom. The van der Waals surface area contributed by atoms with E-state index in [0.717, 1.165) is 4.31 Å². The largest absolute Gasteiger partial charge is 0.438 e. The van der Waals surface area contributed by atoms with Crippen molar-refractivity contribution in [1.82, 2.24) is 9.62 Å². The Morgan fingerprint density at radius 3 is 2.55 bits per heavy atom. The van der Waals surface area contributed by atoms with Crippen LogP contribution in [-0.2, 0) is 10.0 Å². The lowest BCUT2D eigenvalue weighted by molar-refractivity contribution is 0.00296. The molecule has 20 heavy (non-hydrogen) atoms. The van der Waals surface area contributed by atoms with E-state index in [0.29, 0.717) is 0 Å². The van der Waals surface area contributed by atoms with Crippen molar-refractivity contribution in [2.45, 2.75) is 17.6 Å². The van der Waals surface area contributed by atoms with Gasteiger partial charge in [-0.1, -0.05) is 0 Å². The number of amides is 1. The molecule has 1 aromatic heterocycles. The molecule has 0 saturated carbocycles. The quantitative estimate of drug-likeness (QED) is 0.620. The molecule has 0 bridgehead atoms. The van der Waals surface area contributed by atoms with Crippen molar-refractivity contribution in [3.63, 3.8) is 0 Å². The minimum absolute atomic E-state index is 0.195. The second-order valence-electron chi connectivity index (χ2n) is 4.74. The van der Waals surface area contributed by atoms with Crippen LogP contribution in [0.3, 0.4) is 0 Å². The van der Waals surface area contributed by atoms with Gasteiger partial charge in [0.15, 0.2) is 5.76 Å². The molecule has 0 aliphatic rings. The summed E-state index contributed by atoms with van der Waals surface area (Å²) >= 11 is 0. The van der Waals surface area contributed by atoms with Crippen LogP contribution < -0.4 is 5.32 Å². The number of aliphatic hydroxyl groups excluding tert-OH is 1. The highest BCUT2D eigenvalue weighted by atomic mass is 32.2. The first-order valence-corrected chi connectivity index (χ1v) is 7.18. The van der Waals surface area contributed by atoms with E-state index >= 15 is 0 Å². The van der Waals surface area contributed by atoms with Crippen LogP contribution in [0.4, 0.5) is 0 Å². The normalized spacial score (nSPS) is 15.1. The smallest absolute Gasteiger partial charge is 0.287 e. The first-order chi connectivity index (χ1) is 9.10. The maximum atomic E-state index is 11.8. The third-order valence-corrected chi connectivity index (χ3v) is 4.20. The summed E-state index contributed by atoms with van der Waals surface area (Å²) in [7, 11) is -1.05. The van der Waals surface area contributed by atoms with Crippen LogP contribution in [0.25, 0.3) is 0 Å². The molecule has 0 spiro atoms. The molecule has 1 unspecified atom stereocenters. The van der Waals surface area contributed by atoms with Crippen molar-refractivity contribution < 1.29 is 27.8 Å². The van der Waals surface area contributed by atoms with Crippen molar-refractivity contribution in [2.24, 2.45) is 0 Å². The Balaban J connectivity index is 2.81. The van der Waals surface area contributed by atoms with Gasteiger partial charge in [0.25, 0.3) is 15.9 Å². The van der Waals surface area contributed by atoms with Gasteiger partial charge in [0.1, 0.15) is 5.60 Å².